The fraction of sp³-hybridized carbons (Fsp3) is 0.182. The molecule has 1 N–H and O–H groups in total. The Morgan fingerprint density at radius 1 is 1.09 bits per heavy atom. The maximum Gasteiger partial charge on any atom is 0.271 e. The van der Waals surface area contributed by atoms with E-state index in [1.807, 2.05) is 13.6 Å². The highest BCUT2D eigenvalue weighted by Gasteiger charge is 2.12. The van der Waals surface area contributed by atoms with E-state index >= 15 is 0 Å². The predicted octanol–water partition coefficient (Wildman–Crippen LogP) is 2.95. The van der Waals surface area contributed by atoms with Crippen molar-refractivity contribution in [3.8, 4) is 11.4 Å². The minimum absolute atomic E-state index is 0.194. The molecule has 0 bridgehead atoms. The molecule has 3 aromatic rings. The molecule has 32 heavy (non-hydrogen) atoms. The van der Waals surface area contributed by atoms with Crippen molar-refractivity contribution in [2.45, 2.75) is 13.8 Å². The number of methoxy groups -OCH3 is 1. The van der Waals surface area contributed by atoms with E-state index in [4.69, 9.17) is 14.3 Å². The Kier molecular flexibility index (Phi) is 13.0. The Bertz CT molecular complexity index is 1010. The van der Waals surface area contributed by atoms with Gasteiger partial charge in [-0.05, 0) is 61.1 Å². The summed E-state index contributed by atoms with van der Waals surface area (Å²) < 4.78 is 32.5. The van der Waals surface area contributed by atoms with Gasteiger partial charge in [-0.15, -0.1) is 9.24 Å². The number of imidazole rings is 1. The fourth-order valence-electron chi connectivity index (χ4n) is 2.45. The molecule has 0 spiro atoms. The number of aryl methyl sites for hydroxylation is 2. The van der Waals surface area contributed by atoms with Gasteiger partial charge in [-0.3, -0.25) is 4.79 Å². The lowest BCUT2D eigenvalue weighted by Gasteiger charge is -2.05. The third-order valence-corrected chi connectivity index (χ3v) is 4.22. The number of rotatable bonds is 3. The van der Waals surface area contributed by atoms with Gasteiger partial charge >= 0.3 is 0 Å². The van der Waals surface area contributed by atoms with Gasteiger partial charge in [0.2, 0.25) is 0 Å². The lowest BCUT2D eigenvalue weighted by atomic mass is 10.2. The smallest absolute Gasteiger partial charge is 0.271 e. The summed E-state index contributed by atoms with van der Waals surface area (Å²) in [6, 6.07) is 9.28. The number of aromatic nitrogens is 2. The largest absolute Gasteiger partial charge is 0.497 e. The topological polar surface area (TPSA) is 90.3 Å². The summed E-state index contributed by atoms with van der Waals surface area (Å²) in [4.78, 5) is 31.6. The molecule has 0 radical (unpaired) electrons. The summed E-state index contributed by atoms with van der Waals surface area (Å²) in [6.45, 7) is 7.47. The van der Waals surface area contributed by atoms with Crippen molar-refractivity contribution >= 4 is 34.0 Å². The van der Waals surface area contributed by atoms with E-state index in [0.717, 1.165) is 5.30 Å². The molecular formula is C22H26F2N3O4P. The van der Waals surface area contributed by atoms with Crippen LogP contribution in [0.1, 0.15) is 21.9 Å². The van der Waals surface area contributed by atoms with Gasteiger partial charge in [-0.25, -0.2) is 13.8 Å². The Balaban J connectivity index is 0.000000582. The van der Waals surface area contributed by atoms with Crippen LogP contribution in [-0.4, -0.2) is 43.2 Å². The molecule has 10 heteroatoms. The monoisotopic (exact) mass is 465 g/mol. The summed E-state index contributed by atoms with van der Waals surface area (Å²) in [5.41, 5.74) is 1.56. The van der Waals surface area contributed by atoms with Crippen LogP contribution in [0.2, 0.25) is 0 Å². The SMILES string of the molecule is C=O.C=O.CNC(=O)c1cn(-c2cc(F)cc(P)c2)c(C)n1.COc1ccc(F)c(C)c1. The second kappa shape index (κ2) is 14.5. The van der Waals surface area contributed by atoms with E-state index < -0.39 is 0 Å². The number of benzene rings is 2. The van der Waals surface area contributed by atoms with Crippen LogP contribution in [0.4, 0.5) is 8.78 Å². The number of hydrogen-bond acceptors (Lipinski definition) is 5. The molecule has 2 aromatic carbocycles. The minimum atomic E-state index is -0.327. The minimum Gasteiger partial charge on any atom is -0.497 e. The van der Waals surface area contributed by atoms with Gasteiger partial charge in [-0.1, -0.05) is 0 Å². The maximum absolute atomic E-state index is 13.4. The third kappa shape index (κ3) is 8.35. The predicted molar refractivity (Wildman–Crippen MR) is 123 cm³/mol. The molecule has 0 saturated carbocycles. The number of halogens is 2. The van der Waals surface area contributed by atoms with Crippen molar-refractivity contribution in [3.05, 3.63) is 71.3 Å². The number of hydrogen-bond donors (Lipinski definition) is 1. The molecule has 3 rings (SSSR count). The van der Waals surface area contributed by atoms with E-state index in [2.05, 4.69) is 19.5 Å². The molecule has 1 aromatic heterocycles. The second-order valence-corrected chi connectivity index (χ2v) is 6.65. The zero-order valence-corrected chi connectivity index (χ0v) is 19.5. The van der Waals surface area contributed by atoms with Crippen LogP contribution in [0.25, 0.3) is 5.69 Å². The van der Waals surface area contributed by atoms with Crippen LogP contribution >= 0.6 is 9.24 Å². The molecule has 1 amide bonds. The van der Waals surface area contributed by atoms with Crippen LogP contribution in [0, 0.1) is 25.5 Å². The van der Waals surface area contributed by atoms with Gasteiger partial charge in [0.15, 0.2) is 0 Å². The molecule has 1 unspecified atom stereocenters. The quantitative estimate of drug-likeness (QED) is 0.601. The fourth-order valence-corrected chi connectivity index (χ4v) is 2.78. The van der Waals surface area contributed by atoms with Crippen LogP contribution in [0.3, 0.4) is 0 Å². The van der Waals surface area contributed by atoms with E-state index in [0.29, 0.717) is 28.5 Å². The molecule has 7 nitrogen and oxygen atoms in total. The Hall–Kier alpha value is -3.45. The van der Waals surface area contributed by atoms with Gasteiger partial charge in [0.05, 0.1) is 12.8 Å². The summed E-state index contributed by atoms with van der Waals surface area (Å²) in [7, 11) is 5.55. The number of ether oxygens (including phenoxy) is 1. The highest BCUT2D eigenvalue weighted by atomic mass is 31.0. The lowest BCUT2D eigenvalue weighted by Crippen LogP contribution is -2.18. The average Bonchev–Trinajstić information content (AvgIpc) is 3.19. The van der Waals surface area contributed by atoms with Gasteiger partial charge in [0, 0.05) is 13.2 Å². The van der Waals surface area contributed by atoms with Gasteiger partial charge in [0.1, 0.15) is 42.5 Å². The maximum atomic E-state index is 13.4. The molecule has 1 atom stereocenters. The molecule has 0 aliphatic carbocycles. The zero-order chi connectivity index (χ0) is 24.8. The summed E-state index contributed by atoms with van der Waals surface area (Å²) in [6.07, 6.45) is 1.59. The molecule has 1 heterocycles. The van der Waals surface area contributed by atoms with E-state index in [9.17, 15) is 13.6 Å². The first-order chi connectivity index (χ1) is 15.2. The van der Waals surface area contributed by atoms with Crippen LogP contribution in [0.15, 0.2) is 42.6 Å². The van der Waals surface area contributed by atoms with Gasteiger partial charge < -0.3 is 24.2 Å². The first-order valence-corrected chi connectivity index (χ1v) is 9.55. The van der Waals surface area contributed by atoms with Crippen molar-refractivity contribution in [1.82, 2.24) is 14.9 Å². The summed E-state index contributed by atoms with van der Waals surface area (Å²) >= 11 is 0. The van der Waals surface area contributed by atoms with E-state index in [-0.39, 0.29) is 17.5 Å². The first-order valence-electron chi connectivity index (χ1n) is 8.97. The number of nitrogens with zero attached hydrogens (tertiary/aromatic N) is 2. The molecule has 172 valence electrons. The number of carbonyl (C=O) groups is 3. The molecule has 0 fully saturated rings. The molecule has 0 saturated heterocycles. The summed E-state index contributed by atoms with van der Waals surface area (Å²) in [5, 5.41) is 3.24. The van der Waals surface area contributed by atoms with E-state index in [1.165, 1.54) is 18.2 Å². The third-order valence-electron chi connectivity index (χ3n) is 3.89. The second-order valence-electron chi connectivity index (χ2n) is 5.98. The van der Waals surface area contributed by atoms with E-state index in [1.54, 1.807) is 57.0 Å². The molecule has 0 aliphatic rings. The average molecular weight is 465 g/mol. The first kappa shape index (κ1) is 28.5. The van der Waals surface area contributed by atoms with Crippen LogP contribution < -0.4 is 15.4 Å². The Morgan fingerprint density at radius 2 is 1.72 bits per heavy atom. The standard InChI is InChI=1S/C12H13FN3OP.C8H9FO.2CH2O/c1-7-15-11(12(17)14-2)6-16(7)9-3-8(13)4-10(18)5-9;1-6-5-7(10-2)3-4-8(6)9;2*1-2/h3-6H,18H2,1-2H3,(H,14,17);3-5H,1-2H3;2*1H2. The Labute approximate surface area is 188 Å². The highest BCUT2D eigenvalue weighted by molar-refractivity contribution is 7.27. The van der Waals surface area contributed by atoms with Gasteiger partial charge in [0.25, 0.3) is 5.91 Å². The van der Waals surface area contributed by atoms with Crippen molar-refractivity contribution in [3.63, 3.8) is 0 Å². The van der Waals surface area contributed by atoms with Crippen molar-refractivity contribution in [2.24, 2.45) is 0 Å². The van der Waals surface area contributed by atoms with Crippen LogP contribution in [-0.2, 0) is 9.59 Å². The number of amides is 1. The van der Waals surface area contributed by atoms with Crippen molar-refractivity contribution < 1.29 is 27.9 Å². The normalized spacial score (nSPS) is 9.09. The Morgan fingerprint density at radius 3 is 2.22 bits per heavy atom. The van der Waals surface area contributed by atoms with Gasteiger partial charge in [-0.2, -0.15) is 0 Å². The zero-order valence-electron chi connectivity index (χ0n) is 18.3. The highest BCUT2D eigenvalue weighted by Crippen LogP contribution is 2.15. The molecular weight excluding hydrogens is 439 g/mol. The lowest BCUT2D eigenvalue weighted by molar-refractivity contribution is -0.0987. The number of nitrogens with one attached hydrogen (secondary N) is 1. The molecule has 0 aliphatic heterocycles. The number of carbonyl (C=O) groups excluding carboxylic acids is 3. The summed E-state index contributed by atoms with van der Waals surface area (Å²) in [5.74, 6) is 0.537. The van der Waals surface area contributed by atoms with Crippen molar-refractivity contribution in [2.75, 3.05) is 14.2 Å². The van der Waals surface area contributed by atoms with Crippen molar-refractivity contribution in [1.29, 1.82) is 0 Å². The van der Waals surface area contributed by atoms with Crippen LogP contribution in [0.5, 0.6) is 5.75 Å².